The molecule has 0 radical (unpaired) electrons. The second-order valence-corrected chi connectivity index (χ2v) is 4.38. The lowest BCUT2D eigenvalue weighted by Crippen LogP contribution is -2.26. The molecule has 0 aliphatic rings. The van der Waals surface area contributed by atoms with Gasteiger partial charge >= 0.3 is 7.60 Å². The van der Waals surface area contributed by atoms with Gasteiger partial charge in [0.05, 0.1) is 19.8 Å². The Morgan fingerprint density at radius 1 is 1.42 bits per heavy atom. The third kappa shape index (κ3) is 3.21. The zero-order valence-electron chi connectivity index (χ0n) is 7.40. The number of nitrogens with two attached hydrogens (primary N) is 1. The number of hydrogen-bond acceptors (Lipinski definition) is 5. The minimum absolute atomic E-state index is 0.255. The van der Waals surface area contributed by atoms with Crippen molar-refractivity contribution in [3.05, 3.63) is 0 Å². The van der Waals surface area contributed by atoms with E-state index in [0.717, 1.165) is 0 Å². The van der Waals surface area contributed by atoms with Crippen LogP contribution < -0.4 is 5.73 Å². The van der Waals surface area contributed by atoms with Gasteiger partial charge in [-0.15, -0.1) is 0 Å². The lowest BCUT2D eigenvalue weighted by Gasteiger charge is -2.21. The summed E-state index contributed by atoms with van der Waals surface area (Å²) < 4.78 is 21.4. The van der Waals surface area contributed by atoms with Crippen molar-refractivity contribution < 1.29 is 18.7 Å². The second kappa shape index (κ2) is 5.67. The summed E-state index contributed by atoms with van der Waals surface area (Å²) in [5.41, 5.74) is 5.36. The average molecular weight is 197 g/mol. The van der Waals surface area contributed by atoms with Crippen LogP contribution in [0.4, 0.5) is 0 Å². The lowest BCUT2D eigenvalue weighted by molar-refractivity contribution is 0.195. The predicted molar refractivity (Wildman–Crippen MR) is 45.9 cm³/mol. The SMILES string of the molecule is CCOP(=O)(OCC)C(N)CO. The van der Waals surface area contributed by atoms with Crippen molar-refractivity contribution >= 4 is 7.60 Å². The van der Waals surface area contributed by atoms with Crippen LogP contribution in [0.15, 0.2) is 0 Å². The number of rotatable bonds is 6. The molecular formula is C6H16NO4P. The van der Waals surface area contributed by atoms with Crippen molar-refractivity contribution in [3.63, 3.8) is 0 Å². The van der Waals surface area contributed by atoms with Gasteiger partial charge in [-0.2, -0.15) is 0 Å². The van der Waals surface area contributed by atoms with Crippen LogP contribution in [-0.4, -0.2) is 30.7 Å². The molecule has 5 nitrogen and oxygen atoms in total. The fourth-order valence-electron chi connectivity index (χ4n) is 0.689. The van der Waals surface area contributed by atoms with Gasteiger partial charge < -0.3 is 19.9 Å². The monoisotopic (exact) mass is 197 g/mol. The molecule has 0 saturated heterocycles. The first-order chi connectivity index (χ1) is 5.60. The molecule has 0 spiro atoms. The lowest BCUT2D eigenvalue weighted by atomic mass is 10.7. The molecule has 0 bridgehead atoms. The van der Waals surface area contributed by atoms with Crippen molar-refractivity contribution in [3.8, 4) is 0 Å². The summed E-state index contributed by atoms with van der Waals surface area (Å²) in [6.45, 7) is 3.48. The van der Waals surface area contributed by atoms with E-state index in [9.17, 15) is 4.57 Å². The van der Waals surface area contributed by atoms with Gasteiger partial charge in [-0.05, 0) is 13.8 Å². The number of aliphatic hydroxyl groups is 1. The Balaban J connectivity index is 4.27. The fraction of sp³-hybridized carbons (Fsp3) is 1.00. The second-order valence-electron chi connectivity index (χ2n) is 2.13. The molecule has 3 N–H and O–H groups in total. The van der Waals surface area contributed by atoms with Gasteiger partial charge in [0.1, 0.15) is 5.78 Å². The molecule has 0 rings (SSSR count). The van der Waals surface area contributed by atoms with Crippen LogP contribution >= 0.6 is 7.60 Å². The first kappa shape index (κ1) is 12.1. The van der Waals surface area contributed by atoms with Crippen LogP contribution in [0, 0.1) is 0 Å². The summed E-state index contributed by atoms with van der Waals surface area (Å²) in [6, 6.07) is 0. The van der Waals surface area contributed by atoms with Gasteiger partial charge in [-0.1, -0.05) is 0 Å². The van der Waals surface area contributed by atoms with Gasteiger partial charge in [-0.25, -0.2) is 0 Å². The standard InChI is InChI=1S/C6H16NO4P/c1-3-10-12(9,11-4-2)6(7)5-8/h6,8H,3-5,7H2,1-2H3. The van der Waals surface area contributed by atoms with E-state index in [-0.39, 0.29) is 13.2 Å². The molecule has 6 heteroatoms. The normalized spacial score (nSPS) is 14.7. The maximum atomic E-state index is 11.6. The molecule has 0 aliphatic heterocycles. The van der Waals surface area contributed by atoms with E-state index in [1.807, 2.05) is 0 Å². The van der Waals surface area contributed by atoms with E-state index >= 15 is 0 Å². The van der Waals surface area contributed by atoms with Crippen molar-refractivity contribution in [2.24, 2.45) is 5.73 Å². The first-order valence-electron chi connectivity index (χ1n) is 3.86. The van der Waals surface area contributed by atoms with Crippen LogP contribution in [0.1, 0.15) is 13.8 Å². The summed E-state index contributed by atoms with van der Waals surface area (Å²) in [4.78, 5) is 0. The van der Waals surface area contributed by atoms with E-state index in [2.05, 4.69) is 0 Å². The van der Waals surface area contributed by atoms with Crippen LogP contribution in [0.5, 0.6) is 0 Å². The van der Waals surface area contributed by atoms with Crippen LogP contribution in [0.3, 0.4) is 0 Å². The number of aliphatic hydroxyl groups excluding tert-OH is 1. The van der Waals surface area contributed by atoms with Gasteiger partial charge in [0.15, 0.2) is 0 Å². The highest BCUT2D eigenvalue weighted by atomic mass is 31.2. The highest BCUT2D eigenvalue weighted by Gasteiger charge is 2.31. The molecule has 0 fully saturated rings. The van der Waals surface area contributed by atoms with E-state index in [1.54, 1.807) is 13.8 Å². The van der Waals surface area contributed by atoms with Crippen LogP contribution in [0.25, 0.3) is 0 Å². The Kier molecular flexibility index (Phi) is 5.70. The van der Waals surface area contributed by atoms with Crippen LogP contribution in [0.2, 0.25) is 0 Å². The quantitative estimate of drug-likeness (QED) is 0.607. The maximum Gasteiger partial charge on any atom is 0.349 e. The minimum atomic E-state index is -3.28. The smallest absolute Gasteiger partial charge is 0.349 e. The molecule has 0 amide bonds. The largest absolute Gasteiger partial charge is 0.394 e. The molecule has 0 aromatic heterocycles. The highest BCUT2D eigenvalue weighted by molar-refractivity contribution is 7.54. The average Bonchev–Trinajstić information content (AvgIpc) is 2.04. The molecular weight excluding hydrogens is 181 g/mol. The first-order valence-corrected chi connectivity index (χ1v) is 5.47. The van der Waals surface area contributed by atoms with E-state index in [0.29, 0.717) is 0 Å². The van der Waals surface area contributed by atoms with Crippen molar-refractivity contribution in [2.45, 2.75) is 19.6 Å². The van der Waals surface area contributed by atoms with Gasteiger partial charge in [-0.3, -0.25) is 4.57 Å². The summed E-state index contributed by atoms with van der Waals surface area (Å²) in [5, 5.41) is 8.67. The molecule has 74 valence electrons. The molecule has 0 aliphatic carbocycles. The molecule has 12 heavy (non-hydrogen) atoms. The Morgan fingerprint density at radius 2 is 1.83 bits per heavy atom. The molecule has 0 heterocycles. The molecule has 0 aromatic carbocycles. The van der Waals surface area contributed by atoms with Crippen molar-refractivity contribution in [1.82, 2.24) is 0 Å². The fourth-order valence-corrected chi connectivity index (χ4v) is 2.07. The third-order valence-corrected chi connectivity index (χ3v) is 3.42. The van der Waals surface area contributed by atoms with Gasteiger partial charge in [0.25, 0.3) is 0 Å². The number of hydrogen-bond donors (Lipinski definition) is 2. The summed E-state index contributed by atoms with van der Waals surface area (Å²) in [5.74, 6) is -0.947. The molecule has 0 saturated carbocycles. The Morgan fingerprint density at radius 3 is 2.08 bits per heavy atom. The Hall–Kier alpha value is 0.0700. The topological polar surface area (TPSA) is 81.8 Å². The minimum Gasteiger partial charge on any atom is -0.394 e. The van der Waals surface area contributed by atoms with E-state index in [1.165, 1.54) is 0 Å². The zero-order valence-corrected chi connectivity index (χ0v) is 8.29. The van der Waals surface area contributed by atoms with Gasteiger partial charge in [0.2, 0.25) is 0 Å². The highest BCUT2D eigenvalue weighted by Crippen LogP contribution is 2.50. The Labute approximate surface area is 72.4 Å². The third-order valence-electron chi connectivity index (χ3n) is 1.21. The summed E-state index contributed by atoms with van der Waals surface area (Å²) >= 11 is 0. The molecule has 1 atom stereocenters. The summed E-state index contributed by atoms with van der Waals surface area (Å²) in [6.07, 6.45) is 0. The predicted octanol–water partition coefficient (Wildman–Crippen LogP) is 0.530. The zero-order chi connectivity index (χ0) is 9.61. The molecule has 1 unspecified atom stereocenters. The van der Waals surface area contributed by atoms with Gasteiger partial charge in [0, 0.05) is 0 Å². The summed E-state index contributed by atoms with van der Waals surface area (Å²) in [7, 11) is -3.28. The molecule has 0 aromatic rings. The maximum absolute atomic E-state index is 11.6. The van der Waals surface area contributed by atoms with Crippen LogP contribution in [-0.2, 0) is 13.6 Å². The van der Waals surface area contributed by atoms with Crippen molar-refractivity contribution in [2.75, 3.05) is 19.8 Å². The Bertz CT molecular complexity index is 154. The van der Waals surface area contributed by atoms with Crippen molar-refractivity contribution in [1.29, 1.82) is 0 Å². The van der Waals surface area contributed by atoms with E-state index in [4.69, 9.17) is 19.9 Å². The van der Waals surface area contributed by atoms with E-state index < -0.39 is 20.0 Å².